The van der Waals surface area contributed by atoms with Crippen molar-refractivity contribution in [2.24, 2.45) is 5.92 Å². The second-order valence-corrected chi connectivity index (χ2v) is 8.33. The highest BCUT2D eigenvalue weighted by Crippen LogP contribution is 2.34. The Morgan fingerprint density at radius 2 is 1.88 bits per heavy atom. The highest BCUT2D eigenvalue weighted by Gasteiger charge is 2.42. The van der Waals surface area contributed by atoms with E-state index in [-0.39, 0.29) is 23.5 Å². The number of nitrogens with one attached hydrogen (secondary N) is 1. The standard InChI is InChI=1S/C19H28N2O3S/c1-12(2)10-17-21(16(11-25-17)18(22)24-13(3)4)19(23)20-15-8-6-14(5)7-9-15/h6-9,12-13,16-17H,10-11H2,1-5H3,(H,20,23). The van der Waals surface area contributed by atoms with Crippen LogP contribution < -0.4 is 5.32 Å². The fourth-order valence-corrected chi connectivity index (χ4v) is 4.36. The van der Waals surface area contributed by atoms with Crippen LogP contribution >= 0.6 is 11.8 Å². The van der Waals surface area contributed by atoms with E-state index in [1.54, 1.807) is 16.7 Å². The summed E-state index contributed by atoms with van der Waals surface area (Å²) in [5.41, 5.74) is 1.86. The average Bonchev–Trinajstić information content (AvgIpc) is 2.92. The molecule has 2 amide bonds. The molecule has 1 fully saturated rings. The Bertz CT molecular complexity index is 601. The van der Waals surface area contributed by atoms with Crippen LogP contribution in [0.4, 0.5) is 10.5 Å². The molecule has 0 aromatic heterocycles. The third-order valence-corrected chi connectivity index (χ3v) is 5.24. The van der Waals surface area contributed by atoms with Gasteiger partial charge in [0.1, 0.15) is 6.04 Å². The van der Waals surface area contributed by atoms with E-state index < -0.39 is 6.04 Å². The number of nitrogens with zero attached hydrogens (tertiary/aromatic N) is 1. The summed E-state index contributed by atoms with van der Waals surface area (Å²) >= 11 is 1.65. The molecule has 1 aliphatic rings. The number of hydrogen-bond acceptors (Lipinski definition) is 4. The number of carbonyl (C=O) groups excluding carboxylic acids is 2. The van der Waals surface area contributed by atoms with E-state index >= 15 is 0 Å². The summed E-state index contributed by atoms with van der Waals surface area (Å²) in [5.74, 6) is 0.685. The van der Waals surface area contributed by atoms with Crippen LogP contribution in [0.5, 0.6) is 0 Å². The van der Waals surface area contributed by atoms with Crippen molar-refractivity contribution < 1.29 is 14.3 Å². The molecular formula is C19H28N2O3S. The molecule has 2 rings (SSSR count). The Labute approximate surface area is 154 Å². The molecule has 0 radical (unpaired) electrons. The number of rotatable bonds is 5. The normalized spacial score (nSPS) is 20.2. The number of anilines is 1. The van der Waals surface area contributed by atoms with Crippen molar-refractivity contribution in [3.05, 3.63) is 29.8 Å². The first kappa shape index (κ1) is 19.6. The van der Waals surface area contributed by atoms with Gasteiger partial charge in [0.25, 0.3) is 0 Å². The van der Waals surface area contributed by atoms with Crippen LogP contribution in [0.15, 0.2) is 24.3 Å². The SMILES string of the molecule is Cc1ccc(NC(=O)N2C(CC(C)C)SCC2C(=O)OC(C)C)cc1. The van der Waals surface area contributed by atoms with E-state index in [9.17, 15) is 9.59 Å². The molecule has 1 aliphatic heterocycles. The Kier molecular flexibility index (Phi) is 6.76. The number of hydrogen-bond donors (Lipinski definition) is 1. The van der Waals surface area contributed by atoms with Crippen molar-refractivity contribution >= 4 is 29.4 Å². The second kappa shape index (κ2) is 8.61. The average molecular weight is 365 g/mol. The van der Waals surface area contributed by atoms with E-state index in [2.05, 4.69) is 19.2 Å². The maximum Gasteiger partial charge on any atom is 0.330 e. The smallest absolute Gasteiger partial charge is 0.330 e. The number of aryl methyl sites for hydroxylation is 1. The molecule has 1 saturated heterocycles. The monoisotopic (exact) mass is 364 g/mol. The fraction of sp³-hybridized carbons (Fsp3) is 0.579. The third-order valence-electron chi connectivity index (χ3n) is 3.93. The predicted molar refractivity (Wildman–Crippen MR) is 103 cm³/mol. The minimum Gasteiger partial charge on any atom is -0.461 e. The lowest BCUT2D eigenvalue weighted by Gasteiger charge is -2.29. The molecule has 0 spiro atoms. The molecule has 1 heterocycles. The van der Waals surface area contributed by atoms with Gasteiger partial charge in [-0.25, -0.2) is 9.59 Å². The highest BCUT2D eigenvalue weighted by molar-refractivity contribution is 8.00. The van der Waals surface area contributed by atoms with E-state index in [0.717, 1.165) is 17.7 Å². The Morgan fingerprint density at radius 1 is 1.24 bits per heavy atom. The molecule has 6 heteroatoms. The number of amides is 2. The largest absolute Gasteiger partial charge is 0.461 e. The zero-order valence-corrected chi connectivity index (χ0v) is 16.4. The number of ether oxygens (including phenoxy) is 1. The van der Waals surface area contributed by atoms with Crippen LogP contribution in [-0.4, -0.2) is 40.2 Å². The molecule has 2 unspecified atom stereocenters. The van der Waals surface area contributed by atoms with Gasteiger partial charge in [0, 0.05) is 11.4 Å². The van der Waals surface area contributed by atoms with Crippen molar-refractivity contribution in [2.45, 2.75) is 58.6 Å². The molecular weight excluding hydrogens is 336 g/mol. The molecule has 1 aromatic rings. The summed E-state index contributed by atoms with van der Waals surface area (Å²) in [6, 6.07) is 6.85. The van der Waals surface area contributed by atoms with Crippen molar-refractivity contribution in [1.29, 1.82) is 0 Å². The van der Waals surface area contributed by atoms with Crippen LogP contribution in [0.3, 0.4) is 0 Å². The van der Waals surface area contributed by atoms with Gasteiger partial charge in [0.15, 0.2) is 0 Å². The van der Waals surface area contributed by atoms with Crippen LogP contribution in [0, 0.1) is 12.8 Å². The zero-order valence-electron chi connectivity index (χ0n) is 15.6. The number of urea groups is 1. The number of benzene rings is 1. The summed E-state index contributed by atoms with van der Waals surface area (Å²) in [4.78, 5) is 27.0. The number of esters is 1. The van der Waals surface area contributed by atoms with Crippen LogP contribution in [-0.2, 0) is 9.53 Å². The lowest BCUT2D eigenvalue weighted by Crippen LogP contribution is -2.48. The first-order valence-corrected chi connectivity index (χ1v) is 9.81. The summed E-state index contributed by atoms with van der Waals surface area (Å²) in [7, 11) is 0. The molecule has 1 N–H and O–H groups in total. The van der Waals surface area contributed by atoms with E-state index in [0.29, 0.717) is 11.7 Å². The van der Waals surface area contributed by atoms with Crippen LogP contribution in [0.1, 0.15) is 39.7 Å². The maximum absolute atomic E-state index is 12.9. The van der Waals surface area contributed by atoms with Gasteiger partial charge < -0.3 is 10.1 Å². The lowest BCUT2D eigenvalue weighted by molar-refractivity contribution is -0.151. The van der Waals surface area contributed by atoms with Gasteiger partial charge in [-0.05, 0) is 45.2 Å². The molecule has 2 atom stereocenters. The van der Waals surface area contributed by atoms with Gasteiger partial charge in [0.2, 0.25) is 0 Å². The van der Waals surface area contributed by atoms with Gasteiger partial charge >= 0.3 is 12.0 Å². The zero-order chi connectivity index (χ0) is 18.6. The Morgan fingerprint density at radius 3 is 2.44 bits per heavy atom. The third kappa shape index (κ3) is 5.39. The van der Waals surface area contributed by atoms with Gasteiger partial charge in [-0.2, -0.15) is 0 Å². The molecule has 1 aromatic carbocycles. The van der Waals surface area contributed by atoms with Gasteiger partial charge in [-0.3, -0.25) is 4.90 Å². The fourth-order valence-electron chi connectivity index (χ4n) is 2.74. The molecule has 138 valence electrons. The second-order valence-electron chi connectivity index (χ2n) is 7.12. The highest BCUT2D eigenvalue weighted by atomic mass is 32.2. The van der Waals surface area contributed by atoms with Crippen LogP contribution in [0.2, 0.25) is 0 Å². The van der Waals surface area contributed by atoms with Gasteiger partial charge in [-0.15, -0.1) is 11.8 Å². The molecule has 0 bridgehead atoms. The Balaban J connectivity index is 2.16. The quantitative estimate of drug-likeness (QED) is 0.793. The van der Waals surface area contributed by atoms with E-state index in [1.165, 1.54) is 0 Å². The minimum atomic E-state index is -0.540. The Hall–Kier alpha value is -1.69. The first-order valence-electron chi connectivity index (χ1n) is 8.76. The van der Waals surface area contributed by atoms with Crippen molar-refractivity contribution in [2.75, 3.05) is 11.1 Å². The maximum atomic E-state index is 12.9. The van der Waals surface area contributed by atoms with Crippen molar-refractivity contribution in [3.63, 3.8) is 0 Å². The molecule has 25 heavy (non-hydrogen) atoms. The van der Waals surface area contributed by atoms with E-state index in [1.807, 2.05) is 45.0 Å². The topological polar surface area (TPSA) is 58.6 Å². The van der Waals surface area contributed by atoms with Crippen molar-refractivity contribution in [3.8, 4) is 0 Å². The summed E-state index contributed by atoms with van der Waals surface area (Å²) in [6.07, 6.45) is 0.654. The number of carbonyl (C=O) groups is 2. The van der Waals surface area contributed by atoms with E-state index in [4.69, 9.17) is 4.74 Å². The molecule has 0 saturated carbocycles. The lowest BCUT2D eigenvalue weighted by atomic mass is 10.1. The van der Waals surface area contributed by atoms with Gasteiger partial charge in [-0.1, -0.05) is 31.5 Å². The van der Waals surface area contributed by atoms with Gasteiger partial charge in [0.05, 0.1) is 11.5 Å². The first-order chi connectivity index (χ1) is 11.8. The molecule has 0 aliphatic carbocycles. The van der Waals surface area contributed by atoms with Crippen molar-refractivity contribution in [1.82, 2.24) is 4.90 Å². The van der Waals surface area contributed by atoms with Crippen LogP contribution in [0.25, 0.3) is 0 Å². The summed E-state index contributed by atoms with van der Waals surface area (Å²) < 4.78 is 5.36. The minimum absolute atomic E-state index is 0.0184. The summed E-state index contributed by atoms with van der Waals surface area (Å²) in [5, 5.41) is 2.90. The predicted octanol–water partition coefficient (Wildman–Crippen LogP) is 4.27. The molecule has 5 nitrogen and oxygen atoms in total. The summed E-state index contributed by atoms with van der Waals surface area (Å²) in [6.45, 7) is 9.89. The number of thioether (sulfide) groups is 1.